The Morgan fingerprint density at radius 2 is 0.966 bits per heavy atom. The van der Waals surface area contributed by atoms with Crippen LogP contribution in [0.1, 0.15) is 10.4 Å². The molecule has 0 saturated heterocycles. The van der Waals surface area contributed by atoms with Crippen molar-refractivity contribution in [2.75, 3.05) is 0 Å². The average Bonchev–Trinajstić information content (AvgIpc) is 2.81. The SMILES string of the molecule is O=C(N=S(=O)(c1ccccc1)c1ccccc1)c1ccc(-c2ccccc2)cc1. The summed E-state index contributed by atoms with van der Waals surface area (Å²) in [7, 11) is -3.08. The minimum Gasteiger partial charge on any atom is -0.266 e. The molecule has 0 aliphatic rings. The minimum atomic E-state index is -3.08. The molecule has 0 fully saturated rings. The second-order valence-electron chi connectivity index (χ2n) is 6.49. The number of nitrogens with zero attached hydrogens (tertiary/aromatic N) is 1. The van der Waals surface area contributed by atoms with Gasteiger partial charge in [0.1, 0.15) is 9.73 Å². The summed E-state index contributed by atoms with van der Waals surface area (Å²) in [6, 6.07) is 35.0. The molecule has 0 atom stereocenters. The van der Waals surface area contributed by atoms with Crippen LogP contribution in [0.3, 0.4) is 0 Å². The van der Waals surface area contributed by atoms with Crippen LogP contribution in [-0.2, 0) is 9.73 Å². The first-order valence-corrected chi connectivity index (χ1v) is 10.8. The van der Waals surface area contributed by atoms with Crippen LogP contribution in [0.25, 0.3) is 11.1 Å². The summed E-state index contributed by atoms with van der Waals surface area (Å²) in [5.41, 5.74) is 2.49. The number of benzene rings is 4. The van der Waals surface area contributed by atoms with Gasteiger partial charge in [0.2, 0.25) is 0 Å². The molecule has 0 radical (unpaired) electrons. The van der Waals surface area contributed by atoms with Gasteiger partial charge in [0.25, 0.3) is 5.91 Å². The maximum Gasteiger partial charge on any atom is 0.285 e. The monoisotopic (exact) mass is 397 g/mol. The van der Waals surface area contributed by atoms with Crippen LogP contribution in [-0.4, -0.2) is 10.1 Å². The predicted octanol–water partition coefficient (Wildman–Crippen LogP) is 6.08. The Kier molecular flexibility index (Phi) is 5.36. The zero-order valence-corrected chi connectivity index (χ0v) is 16.5. The molecule has 142 valence electrons. The van der Waals surface area contributed by atoms with Crippen LogP contribution in [0.5, 0.6) is 0 Å². The topological polar surface area (TPSA) is 46.5 Å². The zero-order chi connectivity index (χ0) is 20.1. The third-order valence-electron chi connectivity index (χ3n) is 4.58. The van der Waals surface area contributed by atoms with Crippen molar-refractivity contribution in [3.05, 3.63) is 121 Å². The fourth-order valence-corrected chi connectivity index (χ4v) is 4.93. The van der Waals surface area contributed by atoms with Crippen molar-refractivity contribution >= 4 is 15.6 Å². The second-order valence-corrected chi connectivity index (χ2v) is 8.67. The first-order chi connectivity index (χ1) is 14.2. The van der Waals surface area contributed by atoms with E-state index in [0.29, 0.717) is 15.4 Å². The first kappa shape index (κ1) is 18.8. The van der Waals surface area contributed by atoms with E-state index < -0.39 is 15.6 Å². The standard InChI is InChI=1S/C25H19NO2S/c27-25(22-18-16-21(17-19-22)20-10-4-1-5-11-20)26-29(28,23-12-6-2-7-13-23)24-14-8-3-9-15-24/h1-19H. The third-order valence-corrected chi connectivity index (χ3v) is 6.82. The molecule has 0 saturated carbocycles. The predicted molar refractivity (Wildman–Crippen MR) is 116 cm³/mol. The molecule has 3 nitrogen and oxygen atoms in total. The van der Waals surface area contributed by atoms with Crippen LogP contribution >= 0.6 is 0 Å². The number of carbonyl (C=O) groups is 1. The lowest BCUT2D eigenvalue weighted by Crippen LogP contribution is -2.06. The Labute approximate surface area is 170 Å². The van der Waals surface area contributed by atoms with Crippen LogP contribution in [0.15, 0.2) is 129 Å². The van der Waals surface area contributed by atoms with Gasteiger partial charge in [-0.25, -0.2) is 4.21 Å². The third kappa shape index (κ3) is 4.03. The average molecular weight is 397 g/mol. The van der Waals surface area contributed by atoms with Gasteiger partial charge in [-0.2, -0.15) is 0 Å². The molecule has 4 rings (SSSR count). The Bertz CT molecular complexity index is 1180. The summed E-state index contributed by atoms with van der Waals surface area (Å²) < 4.78 is 18.1. The van der Waals surface area contributed by atoms with Crippen molar-refractivity contribution < 1.29 is 9.00 Å². The molecule has 1 amide bonds. The van der Waals surface area contributed by atoms with Crippen LogP contribution in [0.2, 0.25) is 0 Å². The van der Waals surface area contributed by atoms with E-state index in [1.54, 1.807) is 60.7 Å². The summed E-state index contributed by atoms with van der Waals surface area (Å²) in [5, 5.41) is 0. The van der Waals surface area contributed by atoms with E-state index in [1.807, 2.05) is 54.6 Å². The Hall–Kier alpha value is -3.50. The molecule has 0 aliphatic heterocycles. The van der Waals surface area contributed by atoms with Crippen molar-refractivity contribution in [3.8, 4) is 11.1 Å². The summed E-state index contributed by atoms with van der Waals surface area (Å²) >= 11 is 0. The summed E-state index contributed by atoms with van der Waals surface area (Å²) in [6.45, 7) is 0. The molecule has 0 aromatic heterocycles. The van der Waals surface area contributed by atoms with Gasteiger partial charge in [0, 0.05) is 5.56 Å². The van der Waals surface area contributed by atoms with Crippen molar-refractivity contribution in [2.24, 2.45) is 4.36 Å². The lowest BCUT2D eigenvalue weighted by molar-refractivity contribution is 0.100. The molecule has 0 bridgehead atoms. The Morgan fingerprint density at radius 3 is 1.45 bits per heavy atom. The molecule has 4 aromatic rings. The van der Waals surface area contributed by atoms with E-state index in [4.69, 9.17) is 0 Å². The smallest absolute Gasteiger partial charge is 0.266 e. The lowest BCUT2D eigenvalue weighted by Gasteiger charge is -2.10. The van der Waals surface area contributed by atoms with E-state index in [9.17, 15) is 9.00 Å². The van der Waals surface area contributed by atoms with E-state index in [-0.39, 0.29) is 0 Å². The van der Waals surface area contributed by atoms with Gasteiger partial charge in [-0.05, 0) is 47.5 Å². The van der Waals surface area contributed by atoms with Crippen LogP contribution < -0.4 is 0 Å². The van der Waals surface area contributed by atoms with Crippen LogP contribution in [0, 0.1) is 0 Å². The van der Waals surface area contributed by atoms with Gasteiger partial charge in [-0.3, -0.25) is 4.79 Å². The number of hydrogen-bond donors (Lipinski definition) is 0. The van der Waals surface area contributed by atoms with Gasteiger partial charge in [0.15, 0.2) is 0 Å². The molecule has 29 heavy (non-hydrogen) atoms. The van der Waals surface area contributed by atoms with Crippen LogP contribution in [0.4, 0.5) is 0 Å². The first-order valence-electron chi connectivity index (χ1n) is 9.24. The van der Waals surface area contributed by atoms with Gasteiger partial charge >= 0.3 is 0 Å². The van der Waals surface area contributed by atoms with Gasteiger partial charge in [-0.15, -0.1) is 4.36 Å². The maximum absolute atomic E-state index is 13.9. The number of rotatable bonds is 4. The molecule has 0 unspecified atom stereocenters. The summed E-state index contributed by atoms with van der Waals surface area (Å²) in [4.78, 5) is 13.9. The van der Waals surface area contributed by atoms with Crippen molar-refractivity contribution in [2.45, 2.75) is 9.79 Å². The summed E-state index contributed by atoms with van der Waals surface area (Å²) in [5.74, 6) is -0.498. The molecular formula is C25H19NO2S. The van der Waals surface area contributed by atoms with Crippen molar-refractivity contribution in [1.82, 2.24) is 0 Å². The van der Waals surface area contributed by atoms with E-state index in [2.05, 4.69) is 4.36 Å². The summed E-state index contributed by atoms with van der Waals surface area (Å²) in [6.07, 6.45) is 0. The van der Waals surface area contributed by atoms with Crippen molar-refractivity contribution in [3.63, 3.8) is 0 Å². The normalized spacial score (nSPS) is 11.0. The van der Waals surface area contributed by atoms with E-state index in [1.165, 1.54) is 0 Å². The fraction of sp³-hybridized carbons (Fsp3) is 0. The highest BCUT2D eigenvalue weighted by molar-refractivity contribution is 7.94. The molecule has 0 aliphatic carbocycles. The van der Waals surface area contributed by atoms with Crippen molar-refractivity contribution in [1.29, 1.82) is 0 Å². The minimum absolute atomic E-state index is 0.407. The number of hydrogen-bond acceptors (Lipinski definition) is 2. The number of carbonyl (C=O) groups excluding carboxylic acids is 1. The molecule has 4 heteroatoms. The molecule has 0 N–H and O–H groups in total. The Balaban J connectivity index is 1.75. The molecule has 0 spiro atoms. The lowest BCUT2D eigenvalue weighted by atomic mass is 10.0. The highest BCUT2D eigenvalue weighted by atomic mass is 32.2. The maximum atomic E-state index is 13.9. The largest absolute Gasteiger partial charge is 0.285 e. The second kappa shape index (κ2) is 8.25. The van der Waals surface area contributed by atoms with E-state index in [0.717, 1.165) is 11.1 Å². The van der Waals surface area contributed by atoms with E-state index >= 15 is 0 Å². The highest BCUT2D eigenvalue weighted by Crippen LogP contribution is 2.25. The fourth-order valence-electron chi connectivity index (χ4n) is 3.06. The van der Waals surface area contributed by atoms with Gasteiger partial charge < -0.3 is 0 Å². The number of amides is 1. The highest BCUT2D eigenvalue weighted by Gasteiger charge is 2.18. The van der Waals surface area contributed by atoms with Gasteiger partial charge in [-0.1, -0.05) is 78.9 Å². The Morgan fingerprint density at radius 1 is 0.552 bits per heavy atom. The molecule has 4 aromatic carbocycles. The molecule has 0 heterocycles. The van der Waals surface area contributed by atoms with Gasteiger partial charge in [0.05, 0.1) is 9.79 Å². The molecular weight excluding hydrogens is 378 g/mol. The quantitative estimate of drug-likeness (QED) is 0.419. The zero-order valence-electron chi connectivity index (χ0n) is 15.6.